The molecular weight excluding hydrogens is 408 g/mol. The molecule has 0 aliphatic heterocycles. The molecule has 0 aromatic heterocycles. The maximum Gasteiger partial charge on any atom is 0.264 e. The van der Waals surface area contributed by atoms with Crippen molar-refractivity contribution in [3.63, 3.8) is 0 Å². The molecule has 0 spiro atoms. The summed E-state index contributed by atoms with van der Waals surface area (Å²) in [4.78, 5) is 13.0. The van der Waals surface area contributed by atoms with Crippen LogP contribution in [0.1, 0.15) is 35.2 Å². The van der Waals surface area contributed by atoms with Gasteiger partial charge in [0, 0.05) is 0 Å². The number of carbonyl (C=O) groups excluding carboxylic acids is 1. The van der Waals surface area contributed by atoms with Crippen LogP contribution in [-0.2, 0) is 14.8 Å². The van der Waals surface area contributed by atoms with Gasteiger partial charge in [0.1, 0.15) is 6.54 Å². The van der Waals surface area contributed by atoms with E-state index in [9.17, 15) is 13.2 Å². The molecule has 1 amide bonds. The number of nitrogens with zero attached hydrogens (tertiary/aromatic N) is 1. The largest absolute Gasteiger partial charge is 0.348 e. The maximum atomic E-state index is 13.3. The Kier molecular flexibility index (Phi) is 6.81. The minimum absolute atomic E-state index is 0.144. The molecule has 0 aliphatic carbocycles. The summed E-state index contributed by atoms with van der Waals surface area (Å²) >= 11 is 0. The van der Waals surface area contributed by atoms with Crippen LogP contribution in [0.15, 0.2) is 77.7 Å². The van der Waals surface area contributed by atoms with Crippen LogP contribution >= 0.6 is 0 Å². The molecule has 0 unspecified atom stereocenters. The third-order valence-corrected chi connectivity index (χ3v) is 7.14. The highest BCUT2D eigenvalue weighted by molar-refractivity contribution is 7.92. The molecule has 162 valence electrons. The van der Waals surface area contributed by atoms with E-state index in [2.05, 4.69) is 5.32 Å². The minimum Gasteiger partial charge on any atom is -0.348 e. The van der Waals surface area contributed by atoms with Gasteiger partial charge in [-0.3, -0.25) is 9.10 Å². The van der Waals surface area contributed by atoms with Gasteiger partial charge in [0.15, 0.2) is 0 Å². The predicted octanol–water partition coefficient (Wildman–Crippen LogP) is 4.68. The van der Waals surface area contributed by atoms with E-state index in [0.29, 0.717) is 5.69 Å². The molecule has 6 heteroatoms. The summed E-state index contributed by atoms with van der Waals surface area (Å²) in [6.07, 6.45) is 0. The standard InChI is InChI=1S/C25H28N2O3S/c1-18-10-14-23(15-11-18)27(31(29,30)24-8-6-5-7-9-24)17-25(28)26-21(4)22-13-12-19(2)20(3)16-22/h5-16,21H,17H2,1-4H3,(H,26,28)/t21-/m0/s1. The first-order chi connectivity index (χ1) is 14.7. The lowest BCUT2D eigenvalue weighted by atomic mass is 10.0. The number of amides is 1. The first-order valence-corrected chi connectivity index (χ1v) is 11.6. The molecule has 5 nitrogen and oxygen atoms in total. The van der Waals surface area contributed by atoms with Gasteiger partial charge in [0.2, 0.25) is 5.91 Å². The number of benzene rings is 3. The fourth-order valence-corrected chi connectivity index (χ4v) is 4.72. The normalized spacial score (nSPS) is 12.3. The summed E-state index contributed by atoms with van der Waals surface area (Å²) in [5.74, 6) is -0.370. The zero-order valence-electron chi connectivity index (χ0n) is 18.3. The van der Waals surface area contributed by atoms with Crippen LogP contribution in [0.2, 0.25) is 0 Å². The van der Waals surface area contributed by atoms with Gasteiger partial charge in [0.05, 0.1) is 16.6 Å². The van der Waals surface area contributed by atoms with E-state index in [4.69, 9.17) is 0 Å². The lowest BCUT2D eigenvalue weighted by Crippen LogP contribution is -2.41. The quantitative estimate of drug-likeness (QED) is 0.585. The lowest BCUT2D eigenvalue weighted by molar-refractivity contribution is -0.120. The highest BCUT2D eigenvalue weighted by atomic mass is 32.2. The molecule has 0 bridgehead atoms. The van der Waals surface area contributed by atoms with Crippen LogP contribution in [-0.4, -0.2) is 20.9 Å². The SMILES string of the molecule is Cc1ccc(N(CC(=O)N[C@@H](C)c2ccc(C)c(C)c2)S(=O)(=O)c2ccccc2)cc1. The Hall–Kier alpha value is -3.12. The molecule has 31 heavy (non-hydrogen) atoms. The van der Waals surface area contributed by atoms with Crippen LogP contribution in [0, 0.1) is 20.8 Å². The van der Waals surface area contributed by atoms with Crippen molar-refractivity contribution in [2.24, 2.45) is 0 Å². The van der Waals surface area contributed by atoms with Crippen molar-refractivity contribution in [1.82, 2.24) is 5.32 Å². The predicted molar refractivity (Wildman–Crippen MR) is 125 cm³/mol. The molecule has 1 N–H and O–H groups in total. The molecule has 3 aromatic rings. The smallest absolute Gasteiger partial charge is 0.264 e. The molecule has 0 saturated heterocycles. The Morgan fingerprint density at radius 2 is 1.55 bits per heavy atom. The van der Waals surface area contributed by atoms with Crippen LogP contribution in [0.3, 0.4) is 0 Å². The van der Waals surface area contributed by atoms with E-state index in [1.165, 1.54) is 17.7 Å². The van der Waals surface area contributed by atoms with Crippen LogP contribution < -0.4 is 9.62 Å². The van der Waals surface area contributed by atoms with Gasteiger partial charge in [-0.15, -0.1) is 0 Å². The number of sulfonamides is 1. The Bertz CT molecular complexity index is 1160. The van der Waals surface area contributed by atoms with E-state index in [1.54, 1.807) is 30.3 Å². The van der Waals surface area contributed by atoms with E-state index in [-0.39, 0.29) is 23.4 Å². The van der Waals surface area contributed by atoms with Gasteiger partial charge in [-0.1, -0.05) is 54.1 Å². The summed E-state index contributed by atoms with van der Waals surface area (Å²) in [5, 5.41) is 2.93. The Balaban J connectivity index is 1.87. The molecule has 0 saturated carbocycles. The second-order valence-electron chi connectivity index (χ2n) is 7.79. The number of hydrogen-bond donors (Lipinski definition) is 1. The van der Waals surface area contributed by atoms with Gasteiger partial charge < -0.3 is 5.32 Å². The van der Waals surface area contributed by atoms with Crippen LogP contribution in [0.25, 0.3) is 0 Å². The first-order valence-electron chi connectivity index (χ1n) is 10.2. The van der Waals surface area contributed by atoms with Crippen molar-refractivity contribution in [3.05, 3.63) is 95.1 Å². The van der Waals surface area contributed by atoms with Crippen molar-refractivity contribution < 1.29 is 13.2 Å². The third-order valence-electron chi connectivity index (χ3n) is 5.35. The molecule has 3 rings (SSSR count). The number of aryl methyl sites for hydroxylation is 3. The highest BCUT2D eigenvalue weighted by Crippen LogP contribution is 2.24. The number of rotatable bonds is 7. The Labute approximate surface area is 184 Å². The first kappa shape index (κ1) is 22.6. The number of carbonyl (C=O) groups is 1. The Morgan fingerprint density at radius 1 is 0.903 bits per heavy atom. The molecular formula is C25H28N2O3S. The van der Waals surface area contributed by atoms with E-state index >= 15 is 0 Å². The molecule has 0 aliphatic rings. The van der Waals surface area contributed by atoms with Gasteiger partial charge in [-0.2, -0.15) is 0 Å². The van der Waals surface area contributed by atoms with Crippen LogP contribution in [0.4, 0.5) is 5.69 Å². The fourth-order valence-electron chi connectivity index (χ4n) is 3.28. The second-order valence-corrected chi connectivity index (χ2v) is 9.66. The van der Waals surface area contributed by atoms with Gasteiger partial charge >= 0.3 is 0 Å². The summed E-state index contributed by atoms with van der Waals surface area (Å²) in [6.45, 7) is 7.58. The van der Waals surface area contributed by atoms with Gasteiger partial charge in [-0.05, 0) is 68.7 Å². The zero-order chi connectivity index (χ0) is 22.6. The topological polar surface area (TPSA) is 66.5 Å². The number of nitrogens with one attached hydrogen (secondary N) is 1. The zero-order valence-corrected chi connectivity index (χ0v) is 19.1. The molecule has 0 fully saturated rings. The summed E-state index contributed by atoms with van der Waals surface area (Å²) in [6, 6.07) is 21.1. The van der Waals surface area contributed by atoms with Crippen molar-refractivity contribution >= 4 is 21.6 Å². The van der Waals surface area contributed by atoms with Crippen molar-refractivity contribution in [2.75, 3.05) is 10.8 Å². The van der Waals surface area contributed by atoms with Crippen molar-refractivity contribution in [1.29, 1.82) is 0 Å². The minimum atomic E-state index is -3.90. The molecule has 3 aromatic carbocycles. The van der Waals surface area contributed by atoms with Crippen molar-refractivity contribution in [2.45, 2.75) is 38.6 Å². The van der Waals surface area contributed by atoms with Crippen molar-refractivity contribution in [3.8, 4) is 0 Å². The van der Waals surface area contributed by atoms with Crippen LogP contribution in [0.5, 0.6) is 0 Å². The summed E-state index contributed by atoms with van der Waals surface area (Å²) < 4.78 is 27.8. The third kappa shape index (κ3) is 5.33. The molecule has 1 atom stereocenters. The maximum absolute atomic E-state index is 13.3. The van der Waals surface area contributed by atoms with Gasteiger partial charge in [0.25, 0.3) is 10.0 Å². The Morgan fingerprint density at radius 3 is 2.16 bits per heavy atom. The molecule has 0 heterocycles. The second kappa shape index (κ2) is 9.35. The lowest BCUT2D eigenvalue weighted by Gasteiger charge is -2.25. The number of anilines is 1. The van der Waals surface area contributed by atoms with E-state index in [1.807, 2.05) is 58.0 Å². The van der Waals surface area contributed by atoms with E-state index < -0.39 is 10.0 Å². The fraction of sp³-hybridized carbons (Fsp3) is 0.240. The highest BCUT2D eigenvalue weighted by Gasteiger charge is 2.27. The van der Waals surface area contributed by atoms with Gasteiger partial charge in [-0.25, -0.2) is 8.42 Å². The average Bonchev–Trinajstić information content (AvgIpc) is 2.75. The average molecular weight is 437 g/mol. The molecule has 0 radical (unpaired) electrons. The summed E-state index contributed by atoms with van der Waals surface area (Å²) in [7, 11) is -3.90. The summed E-state index contributed by atoms with van der Waals surface area (Å²) in [5.41, 5.74) is 4.76. The number of hydrogen-bond acceptors (Lipinski definition) is 3. The monoisotopic (exact) mass is 436 g/mol. The van der Waals surface area contributed by atoms with E-state index in [0.717, 1.165) is 21.0 Å².